The van der Waals surface area contributed by atoms with Gasteiger partial charge in [0.15, 0.2) is 0 Å². The molecule has 3 aliphatic rings. The molecule has 6 rings (SSSR count). The lowest BCUT2D eigenvalue weighted by atomic mass is 9.89. The summed E-state index contributed by atoms with van der Waals surface area (Å²) in [5.41, 5.74) is 3.46. The highest BCUT2D eigenvalue weighted by atomic mass is 32.2. The maximum atomic E-state index is 14.3. The molecule has 12 heteroatoms. The Kier molecular flexibility index (Phi) is 8.79. The molecule has 2 fully saturated rings. The van der Waals surface area contributed by atoms with E-state index in [1.54, 1.807) is 23.1 Å². The number of carbonyl (C=O) groups is 1. The van der Waals surface area contributed by atoms with E-state index < -0.39 is 22.0 Å². The Labute approximate surface area is 270 Å². The van der Waals surface area contributed by atoms with Crippen LogP contribution in [0.25, 0.3) is 11.3 Å². The first-order valence-corrected chi connectivity index (χ1v) is 17.4. The lowest BCUT2D eigenvalue weighted by Gasteiger charge is -2.42. The minimum atomic E-state index is -4.16. The van der Waals surface area contributed by atoms with Gasteiger partial charge in [-0.3, -0.25) is 9.69 Å². The van der Waals surface area contributed by atoms with Crippen molar-refractivity contribution in [2.24, 2.45) is 5.92 Å². The van der Waals surface area contributed by atoms with Crippen LogP contribution in [-0.2, 0) is 10.0 Å². The average molecular weight is 656 g/mol. The average Bonchev–Trinajstić information content (AvgIpc) is 3.15. The van der Waals surface area contributed by atoms with Crippen LogP contribution in [-0.4, -0.2) is 77.8 Å². The maximum absolute atomic E-state index is 14.3. The molecule has 3 aromatic rings. The largest absolute Gasteiger partial charge is 0.471 e. The second-order valence-corrected chi connectivity index (χ2v) is 15.0. The number of sulfonamides is 1. The first-order chi connectivity index (χ1) is 21.8. The van der Waals surface area contributed by atoms with Gasteiger partial charge in [-0.1, -0.05) is 38.1 Å². The number of carbonyl (C=O) groups excluding carboxylic acids is 1. The van der Waals surface area contributed by atoms with Crippen molar-refractivity contribution in [1.29, 1.82) is 0 Å². The minimum Gasteiger partial charge on any atom is -0.471 e. The molecule has 1 saturated carbocycles. The zero-order valence-electron chi connectivity index (χ0n) is 26.7. The summed E-state index contributed by atoms with van der Waals surface area (Å²) in [5, 5.41) is 0. The van der Waals surface area contributed by atoms with Gasteiger partial charge in [-0.05, 0) is 68.4 Å². The maximum Gasteiger partial charge on any atom is 0.264 e. The van der Waals surface area contributed by atoms with Crippen LogP contribution in [0.15, 0.2) is 53.4 Å². The van der Waals surface area contributed by atoms with Gasteiger partial charge >= 0.3 is 0 Å². The van der Waals surface area contributed by atoms with E-state index in [9.17, 15) is 22.0 Å². The van der Waals surface area contributed by atoms with Crippen molar-refractivity contribution in [3.05, 3.63) is 65.2 Å². The summed E-state index contributed by atoms with van der Waals surface area (Å²) in [5.74, 6) is -2.68. The van der Waals surface area contributed by atoms with Crippen LogP contribution >= 0.6 is 0 Å². The third-order valence-electron chi connectivity index (χ3n) is 9.27. The van der Waals surface area contributed by atoms with E-state index in [0.29, 0.717) is 37.5 Å². The minimum absolute atomic E-state index is 0. The fourth-order valence-corrected chi connectivity index (χ4v) is 8.12. The van der Waals surface area contributed by atoms with Crippen LogP contribution in [0.5, 0.6) is 5.88 Å². The predicted octanol–water partition coefficient (Wildman–Crippen LogP) is 6.32. The molecule has 1 amide bonds. The summed E-state index contributed by atoms with van der Waals surface area (Å²) >= 11 is 0. The summed E-state index contributed by atoms with van der Waals surface area (Å²) < 4.78 is 64.7. The third-order valence-corrected chi connectivity index (χ3v) is 10.6. The SMILES string of the molecule is Cc1cccc(C)c1-c1cc2nc(n1)NS(=O)(=O)c1cccc(c1)C(=O)N1C[C@@H](CN(C3CCC(F)(F)CC3)[C@@H](CC(C)C)C1)O2.[HH]. The van der Waals surface area contributed by atoms with E-state index in [-0.39, 0.29) is 61.1 Å². The van der Waals surface area contributed by atoms with Crippen LogP contribution in [0.4, 0.5) is 14.7 Å². The Morgan fingerprint density at radius 2 is 1.72 bits per heavy atom. The van der Waals surface area contributed by atoms with Gasteiger partial charge < -0.3 is 9.64 Å². The summed E-state index contributed by atoms with van der Waals surface area (Å²) in [6.45, 7) is 9.13. The molecule has 2 atom stereocenters. The first-order valence-electron chi connectivity index (χ1n) is 16.0. The zero-order chi connectivity index (χ0) is 32.8. The molecule has 6 bridgehead atoms. The Bertz CT molecular complexity index is 1710. The monoisotopic (exact) mass is 655 g/mol. The van der Waals surface area contributed by atoms with Crippen molar-refractivity contribution >= 4 is 21.9 Å². The molecule has 1 aliphatic carbocycles. The molecule has 1 aromatic heterocycles. The number of hydrogen-bond acceptors (Lipinski definition) is 7. The van der Waals surface area contributed by atoms with Gasteiger partial charge in [0.25, 0.3) is 15.9 Å². The first kappa shape index (κ1) is 32.3. The standard InChI is InChI=1S/C34H41F2N5O4S.H2/c1-21(2)15-26-18-40-19-27(20-41(26)25-11-13-34(35,36)14-12-25)45-30-17-29(31-22(3)7-5-8-23(31)4)37-33(38-30)39-46(43,44)28-10-6-9-24(16-28)32(40)42;/h5-10,16-17,21,25-27H,11-15,18-20H2,1-4H3,(H,37,38,39);1H/t26-,27-;/m0./s1. The van der Waals surface area contributed by atoms with Crippen LogP contribution in [0.3, 0.4) is 0 Å². The van der Waals surface area contributed by atoms with E-state index in [4.69, 9.17) is 4.74 Å². The van der Waals surface area contributed by atoms with Crippen LogP contribution in [0.1, 0.15) is 68.9 Å². The number of aromatic nitrogens is 2. The highest BCUT2D eigenvalue weighted by Gasteiger charge is 2.42. The molecule has 3 heterocycles. The van der Waals surface area contributed by atoms with Crippen molar-refractivity contribution in [3.8, 4) is 17.1 Å². The van der Waals surface area contributed by atoms with Crippen LogP contribution in [0.2, 0.25) is 0 Å². The van der Waals surface area contributed by atoms with Crippen molar-refractivity contribution in [1.82, 2.24) is 19.8 Å². The van der Waals surface area contributed by atoms with E-state index in [1.807, 2.05) is 32.0 Å². The van der Waals surface area contributed by atoms with Crippen molar-refractivity contribution < 1.29 is 28.2 Å². The second kappa shape index (κ2) is 12.5. The predicted molar refractivity (Wildman–Crippen MR) is 174 cm³/mol. The number of halogens is 2. The summed E-state index contributed by atoms with van der Waals surface area (Å²) in [7, 11) is -4.16. The molecule has 46 heavy (non-hydrogen) atoms. The van der Waals surface area contributed by atoms with E-state index in [0.717, 1.165) is 23.1 Å². The van der Waals surface area contributed by atoms with E-state index in [1.165, 1.54) is 12.1 Å². The number of fused-ring (bicyclic) bond motifs is 6. The number of rotatable bonds is 4. The molecule has 9 nitrogen and oxygen atoms in total. The van der Waals surface area contributed by atoms with Crippen LogP contribution < -0.4 is 9.46 Å². The van der Waals surface area contributed by atoms with Crippen molar-refractivity contribution in [3.63, 3.8) is 0 Å². The Balaban J connectivity index is 0.00000433. The number of nitrogens with zero attached hydrogens (tertiary/aromatic N) is 4. The van der Waals surface area contributed by atoms with E-state index >= 15 is 0 Å². The van der Waals surface area contributed by atoms with E-state index in [2.05, 4.69) is 33.4 Å². The normalized spacial score (nSPS) is 23.4. The lowest BCUT2D eigenvalue weighted by molar-refractivity contribution is -0.0615. The summed E-state index contributed by atoms with van der Waals surface area (Å²) in [6, 6.07) is 13.3. The zero-order valence-corrected chi connectivity index (χ0v) is 27.5. The third kappa shape index (κ3) is 6.88. The van der Waals surface area contributed by atoms with Gasteiger partial charge in [0.2, 0.25) is 17.8 Å². The number of amides is 1. The van der Waals surface area contributed by atoms with Crippen molar-refractivity contribution in [2.75, 3.05) is 24.4 Å². The number of nitrogens with one attached hydrogen (secondary N) is 1. The molecule has 0 radical (unpaired) electrons. The molecule has 0 unspecified atom stereocenters. The van der Waals surface area contributed by atoms with Crippen molar-refractivity contribution in [2.45, 2.75) is 88.8 Å². The van der Waals surface area contributed by atoms with Gasteiger partial charge in [0.1, 0.15) is 6.10 Å². The Morgan fingerprint density at radius 3 is 2.41 bits per heavy atom. The molecule has 2 aliphatic heterocycles. The number of hydrogen-bond donors (Lipinski definition) is 1. The number of anilines is 1. The lowest BCUT2D eigenvalue weighted by Crippen LogP contribution is -2.51. The molecule has 2 aromatic carbocycles. The molecule has 1 N–H and O–H groups in total. The Morgan fingerprint density at radius 1 is 1.02 bits per heavy atom. The quantitative estimate of drug-likeness (QED) is 0.351. The number of alkyl halides is 2. The van der Waals surface area contributed by atoms with Crippen LogP contribution in [0, 0.1) is 19.8 Å². The molecular formula is C34H43F2N5O4S. The molecular weight excluding hydrogens is 612 g/mol. The van der Waals surface area contributed by atoms with Gasteiger partial charge in [-0.25, -0.2) is 26.9 Å². The fourth-order valence-electron chi connectivity index (χ4n) is 7.13. The summed E-state index contributed by atoms with van der Waals surface area (Å²) in [6.07, 6.45) is 0.574. The highest BCUT2D eigenvalue weighted by Crippen LogP contribution is 2.38. The fraction of sp³-hybridized carbons (Fsp3) is 0.500. The number of aryl methyl sites for hydroxylation is 2. The highest BCUT2D eigenvalue weighted by molar-refractivity contribution is 7.92. The number of benzene rings is 2. The van der Waals surface area contributed by atoms with Gasteiger partial charge in [-0.15, -0.1) is 0 Å². The Hall–Kier alpha value is -3.64. The molecule has 1 saturated heterocycles. The summed E-state index contributed by atoms with van der Waals surface area (Å²) in [4.78, 5) is 27.1. The number of ether oxygens (including phenoxy) is 1. The topological polar surface area (TPSA) is 105 Å². The smallest absolute Gasteiger partial charge is 0.264 e. The van der Waals surface area contributed by atoms with Gasteiger partial charge in [0, 0.05) is 56.6 Å². The molecule has 0 spiro atoms. The van der Waals surface area contributed by atoms with Gasteiger partial charge in [-0.2, -0.15) is 4.98 Å². The van der Waals surface area contributed by atoms with Gasteiger partial charge in [0.05, 0.1) is 17.1 Å². The second-order valence-electron chi connectivity index (χ2n) is 13.3. The molecule has 248 valence electrons.